The molecule has 2 N–H and O–H groups in total. The number of methoxy groups -OCH3 is 1. The number of nitrogens with one attached hydrogen (secondary N) is 2. The summed E-state index contributed by atoms with van der Waals surface area (Å²) < 4.78 is 11.2. The van der Waals surface area contributed by atoms with Crippen LogP contribution in [0.2, 0.25) is 0 Å². The number of halogens is 1. The molecule has 0 aliphatic carbocycles. The predicted octanol–water partition coefficient (Wildman–Crippen LogP) is 2.36. The van der Waals surface area contributed by atoms with E-state index in [9.17, 15) is 0 Å². The van der Waals surface area contributed by atoms with Gasteiger partial charge >= 0.3 is 0 Å². The Labute approximate surface area is 165 Å². The molecular weight excluding hydrogens is 439 g/mol. The van der Waals surface area contributed by atoms with Crippen molar-refractivity contribution in [1.29, 1.82) is 0 Å². The van der Waals surface area contributed by atoms with E-state index in [2.05, 4.69) is 29.5 Å². The van der Waals surface area contributed by atoms with E-state index in [-0.39, 0.29) is 29.6 Å². The Morgan fingerprint density at radius 3 is 2.75 bits per heavy atom. The van der Waals surface area contributed by atoms with Crippen LogP contribution < -0.4 is 10.6 Å². The van der Waals surface area contributed by atoms with Crippen LogP contribution in [-0.2, 0) is 15.9 Å². The maximum absolute atomic E-state index is 5.73. The average Bonchev–Trinajstić information content (AvgIpc) is 2.99. The summed E-state index contributed by atoms with van der Waals surface area (Å²) in [6.45, 7) is 7.96. The van der Waals surface area contributed by atoms with Crippen molar-refractivity contribution in [1.82, 2.24) is 15.6 Å². The van der Waals surface area contributed by atoms with E-state index < -0.39 is 0 Å². The molecule has 138 valence electrons. The van der Waals surface area contributed by atoms with Gasteiger partial charge in [-0.1, -0.05) is 0 Å². The zero-order valence-corrected chi connectivity index (χ0v) is 17.9. The minimum Gasteiger partial charge on any atom is -0.381 e. The Bertz CT molecular complexity index is 504. The quantitative estimate of drug-likeness (QED) is 0.366. The van der Waals surface area contributed by atoms with Crippen molar-refractivity contribution in [2.45, 2.75) is 38.7 Å². The van der Waals surface area contributed by atoms with E-state index in [0.717, 1.165) is 56.5 Å². The number of guanidine groups is 1. The number of hydrogen-bond acceptors (Lipinski definition) is 5. The summed E-state index contributed by atoms with van der Waals surface area (Å²) in [5.74, 6) is 0.837. The highest BCUT2D eigenvalue weighted by atomic mass is 127. The SMILES string of the molecule is CCNC(=NCC1(OC)CCOCC1)NCCc1ncc(C)s1.I. The summed E-state index contributed by atoms with van der Waals surface area (Å²) in [6.07, 6.45) is 4.62. The second-order valence-electron chi connectivity index (χ2n) is 5.74. The van der Waals surface area contributed by atoms with Gasteiger partial charge in [-0.05, 0) is 13.8 Å². The lowest BCUT2D eigenvalue weighted by molar-refractivity contribution is -0.0828. The predicted molar refractivity (Wildman–Crippen MR) is 110 cm³/mol. The molecule has 0 radical (unpaired) electrons. The van der Waals surface area contributed by atoms with Gasteiger partial charge in [0.15, 0.2) is 5.96 Å². The third-order valence-corrected chi connectivity index (χ3v) is 4.98. The topological polar surface area (TPSA) is 67.8 Å². The minimum atomic E-state index is -0.187. The summed E-state index contributed by atoms with van der Waals surface area (Å²) in [4.78, 5) is 10.4. The lowest BCUT2D eigenvalue weighted by Gasteiger charge is -2.34. The fourth-order valence-corrected chi connectivity index (χ4v) is 3.33. The van der Waals surface area contributed by atoms with Gasteiger partial charge in [-0.2, -0.15) is 0 Å². The van der Waals surface area contributed by atoms with Crippen molar-refractivity contribution in [3.63, 3.8) is 0 Å². The Balaban J connectivity index is 0.00000288. The normalized spacial score (nSPS) is 17.2. The number of ether oxygens (including phenoxy) is 2. The van der Waals surface area contributed by atoms with Gasteiger partial charge < -0.3 is 20.1 Å². The molecule has 2 rings (SSSR count). The number of nitrogens with zero attached hydrogens (tertiary/aromatic N) is 2. The molecule has 1 aromatic heterocycles. The highest BCUT2D eigenvalue weighted by Gasteiger charge is 2.32. The maximum atomic E-state index is 5.73. The molecule has 0 amide bonds. The molecule has 0 aromatic carbocycles. The molecule has 0 bridgehead atoms. The minimum absolute atomic E-state index is 0. The molecule has 2 heterocycles. The van der Waals surface area contributed by atoms with Crippen molar-refractivity contribution in [2.75, 3.05) is 40.0 Å². The molecule has 1 aromatic rings. The lowest BCUT2D eigenvalue weighted by atomic mass is 9.94. The van der Waals surface area contributed by atoms with Crippen LogP contribution in [0.15, 0.2) is 11.2 Å². The van der Waals surface area contributed by atoms with Crippen molar-refractivity contribution >= 4 is 41.3 Å². The Morgan fingerprint density at radius 2 is 2.17 bits per heavy atom. The number of aromatic nitrogens is 1. The monoisotopic (exact) mass is 468 g/mol. The molecule has 24 heavy (non-hydrogen) atoms. The molecule has 0 atom stereocenters. The van der Waals surface area contributed by atoms with Gasteiger partial charge in [0.25, 0.3) is 0 Å². The largest absolute Gasteiger partial charge is 0.381 e. The first-order chi connectivity index (χ1) is 11.2. The first kappa shape index (κ1) is 21.6. The van der Waals surface area contributed by atoms with Gasteiger partial charge in [-0.3, -0.25) is 4.99 Å². The molecule has 8 heteroatoms. The van der Waals surface area contributed by atoms with E-state index >= 15 is 0 Å². The summed E-state index contributed by atoms with van der Waals surface area (Å²) in [6, 6.07) is 0. The summed E-state index contributed by atoms with van der Waals surface area (Å²) in [7, 11) is 1.77. The Hall–Kier alpha value is -0.450. The molecule has 1 aliphatic rings. The van der Waals surface area contributed by atoms with Crippen LogP contribution in [0.3, 0.4) is 0 Å². The smallest absolute Gasteiger partial charge is 0.191 e. The van der Waals surface area contributed by atoms with Gasteiger partial charge in [0.2, 0.25) is 0 Å². The van der Waals surface area contributed by atoms with E-state index in [1.165, 1.54) is 4.88 Å². The Morgan fingerprint density at radius 1 is 1.42 bits per heavy atom. The highest BCUT2D eigenvalue weighted by Crippen LogP contribution is 2.24. The van der Waals surface area contributed by atoms with Crippen LogP contribution in [0.1, 0.15) is 29.7 Å². The number of aliphatic imine (C=N–C) groups is 1. The van der Waals surface area contributed by atoms with Crippen LogP contribution in [-0.4, -0.2) is 56.5 Å². The first-order valence-electron chi connectivity index (χ1n) is 8.24. The van der Waals surface area contributed by atoms with Crippen molar-refractivity contribution in [3.8, 4) is 0 Å². The van der Waals surface area contributed by atoms with Crippen LogP contribution in [0, 0.1) is 6.92 Å². The molecule has 0 saturated carbocycles. The van der Waals surface area contributed by atoms with Crippen molar-refractivity contribution in [2.24, 2.45) is 4.99 Å². The maximum Gasteiger partial charge on any atom is 0.191 e. The molecular formula is C16H29IN4O2S. The number of thiazole rings is 1. The van der Waals surface area contributed by atoms with Crippen molar-refractivity contribution < 1.29 is 9.47 Å². The van der Waals surface area contributed by atoms with E-state index in [4.69, 9.17) is 14.5 Å². The van der Waals surface area contributed by atoms with E-state index in [1.807, 2.05) is 6.20 Å². The summed E-state index contributed by atoms with van der Waals surface area (Å²) in [5, 5.41) is 7.82. The summed E-state index contributed by atoms with van der Waals surface area (Å²) >= 11 is 1.75. The Kier molecular flexibility index (Phi) is 10.1. The molecule has 1 fully saturated rings. The third-order valence-electron chi connectivity index (χ3n) is 4.01. The fourth-order valence-electron chi connectivity index (χ4n) is 2.54. The zero-order valence-electron chi connectivity index (χ0n) is 14.8. The number of aryl methyl sites for hydroxylation is 1. The first-order valence-corrected chi connectivity index (χ1v) is 9.05. The van der Waals surface area contributed by atoms with Crippen LogP contribution in [0.5, 0.6) is 0 Å². The van der Waals surface area contributed by atoms with Crippen LogP contribution >= 0.6 is 35.3 Å². The molecule has 0 unspecified atom stereocenters. The van der Waals surface area contributed by atoms with Gasteiger partial charge in [-0.25, -0.2) is 4.98 Å². The molecule has 0 spiro atoms. The third kappa shape index (κ3) is 6.81. The second kappa shape index (κ2) is 11.2. The van der Waals surface area contributed by atoms with Crippen molar-refractivity contribution in [3.05, 3.63) is 16.1 Å². The van der Waals surface area contributed by atoms with E-state index in [1.54, 1.807) is 18.4 Å². The zero-order chi connectivity index (χ0) is 16.5. The van der Waals surface area contributed by atoms with Crippen LogP contribution in [0.4, 0.5) is 0 Å². The molecule has 6 nitrogen and oxygen atoms in total. The van der Waals surface area contributed by atoms with Gasteiger partial charge in [0.1, 0.15) is 0 Å². The number of rotatable bonds is 7. The molecule has 1 saturated heterocycles. The lowest BCUT2D eigenvalue weighted by Crippen LogP contribution is -2.44. The second-order valence-corrected chi connectivity index (χ2v) is 7.06. The molecule has 1 aliphatic heterocycles. The van der Waals surface area contributed by atoms with E-state index in [0.29, 0.717) is 6.54 Å². The fraction of sp³-hybridized carbons (Fsp3) is 0.750. The highest BCUT2D eigenvalue weighted by molar-refractivity contribution is 14.0. The van der Waals surface area contributed by atoms with Gasteiger partial charge in [0, 0.05) is 63.7 Å². The average molecular weight is 468 g/mol. The summed E-state index contributed by atoms with van der Waals surface area (Å²) in [5.41, 5.74) is -0.187. The van der Waals surface area contributed by atoms with Gasteiger partial charge in [0.05, 0.1) is 17.2 Å². The van der Waals surface area contributed by atoms with Crippen LogP contribution in [0.25, 0.3) is 0 Å². The standard InChI is InChI=1S/C16H28N4O2S.HI/c1-4-17-15(18-8-5-14-19-11-13(2)23-14)20-12-16(21-3)6-9-22-10-7-16;/h11H,4-10,12H2,1-3H3,(H2,17,18,20);1H. The number of hydrogen-bond donors (Lipinski definition) is 2. The van der Waals surface area contributed by atoms with Gasteiger partial charge in [-0.15, -0.1) is 35.3 Å².